The SMILES string of the molecule is CC(C)CN1CCS(=O)(=O)[C@@H]2CCN(C(=O)CC(C)(C)C)CC[C@@H]21. The summed E-state index contributed by atoms with van der Waals surface area (Å²) in [5.74, 6) is 0.943. The molecule has 24 heavy (non-hydrogen) atoms. The Balaban J connectivity index is 2.13. The van der Waals surface area contributed by atoms with Crippen molar-refractivity contribution in [3.63, 3.8) is 0 Å². The summed E-state index contributed by atoms with van der Waals surface area (Å²) < 4.78 is 25.2. The summed E-state index contributed by atoms with van der Waals surface area (Å²) in [6.07, 6.45) is 1.87. The second-order valence-corrected chi connectivity index (χ2v) is 11.4. The molecule has 0 aromatic carbocycles. The third-order valence-corrected chi connectivity index (χ3v) is 7.26. The molecule has 1 amide bonds. The quantitative estimate of drug-likeness (QED) is 0.776. The zero-order valence-corrected chi connectivity index (χ0v) is 16.7. The van der Waals surface area contributed by atoms with Crippen molar-refractivity contribution in [2.45, 2.75) is 65.2 Å². The Hall–Kier alpha value is -0.620. The van der Waals surface area contributed by atoms with Crippen LogP contribution in [0.4, 0.5) is 0 Å². The molecule has 0 N–H and O–H groups in total. The Kier molecular flexibility index (Phi) is 6.01. The molecule has 2 heterocycles. The van der Waals surface area contributed by atoms with Gasteiger partial charge in [0.05, 0.1) is 11.0 Å². The first-order valence-corrected chi connectivity index (χ1v) is 10.9. The Morgan fingerprint density at radius 3 is 2.33 bits per heavy atom. The fourth-order valence-corrected chi connectivity index (χ4v) is 6.01. The van der Waals surface area contributed by atoms with Crippen molar-refractivity contribution in [3.8, 4) is 0 Å². The van der Waals surface area contributed by atoms with Gasteiger partial charge in [0, 0.05) is 38.6 Å². The molecule has 140 valence electrons. The van der Waals surface area contributed by atoms with Gasteiger partial charge in [0.25, 0.3) is 0 Å². The van der Waals surface area contributed by atoms with Crippen LogP contribution in [-0.2, 0) is 14.6 Å². The molecular weight excluding hydrogens is 324 g/mol. The first-order valence-electron chi connectivity index (χ1n) is 9.23. The van der Waals surface area contributed by atoms with Gasteiger partial charge in [-0.1, -0.05) is 34.6 Å². The molecule has 0 aromatic rings. The second-order valence-electron chi connectivity index (χ2n) is 9.06. The highest BCUT2D eigenvalue weighted by atomic mass is 32.2. The summed E-state index contributed by atoms with van der Waals surface area (Å²) in [6.45, 7) is 13.4. The topological polar surface area (TPSA) is 57.7 Å². The van der Waals surface area contributed by atoms with Gasteiger partial charge in [-0.3, -0.25) is 9.69 Å². The predicted octanol–water partition coefficient (Wildman–Crippen LogP) is 2.17. The van der Waals surface area contributed by atoms with Gasteiger partial charge in [-0.2, -0.15) is 0 Å². The van der Waals surface area contributed by atoms with Crippen molar-refractivity contribution in [2.75, 3.05) is 31.9 Å². The Labute approximate surface area is 147 Å². The second kappa shape index (κ2) is 7.32. The van der Waals surface area contributed by atoms with Crippen LogP contribution in [0.5, 0.6) is 0 Å². The van der Waals surface area contributed by atoms with E-state index in [0.717, 1.165) is 13.0 Å². The smallest absolute Gasteiger partial charge is 0.223 e. The van der Waals surface area contributed by atoms with Crippen molar-refractivity contribution < 1.29 is 13.2 Å². The Morgan fingerprint density at radius 2 is 1.75 bits per heavy atom. The summed E-state index contributed by atoms with van der Waals surface area (Å²) in [5.41, 5.74) is -0.0358. The Bertz CT molecular complexity index is 551. The molecule has 0 unspecified atom stereocenters. The molecule has 0 saturated carbocycles. The van der Waals surface area contributed by atoms with Gasteiger partial charge in [-0.25, -0.2) is 8.42 Å². The fraction of sp³-hybridized carbons (Fsp3) is 0.944. The van der Waals surface area contributed by atoms with Gasteiger partial charge >= 0.3 is 0 Å². The largest absolute Gasteiger partial charge is 0.343 e. The molecule has 2 atom stereocenters. The summed E-state index contributed by atoms with van der Waals surface area (Å²) >= 11 is 0. The zero-order chi connectivity index (χ0) is 18.1. The van der Waals surface area contributed by atoms with Crippen molar-refractivity contribution in [2.24, 2.45) is 11.3 Å². The van der Waals surface area contributed by atoms with E-state index in [9.17, 15) is 13.2 Å². The molecule has 0 spiro atoms. The van der Waals surface area contributed by atoms with Crippen molar-refractivity contribution in [1.29, 1.82) is 0 Å². The maximum absolute atomic E-state index is 12.6. The maximum atomic E-state index is 12.6. The van der Waals surface area contributed by atoms with Crippen LogP contribution in [0.2, 0.25) is 0 Å². The number of amides is 1. The molecule has 2 aliphatic heterocycles. The number of nitrogens with zero attached hydrogens (tertiary/aromatic N) is 2. The standard InChI is InChI=1S/C18H34N2O3S/c1-14(2)13-20-10-11-24(22,23)16-7-9-19(8-6-15(16)20)17(21)12-18(3,4)5/h14-16H,6-13H2,1-5H3/t15-,16+/m0/s1. The van der Waals surface area contributed by atoms with Crippen molar-refractivity contribution >= 4 is 15.7 Å². The fourth-order valence-electron chi connectivity index (χ4n) is 3.97. The number of hydrogen-bond donors (Lipinski definition) is 0. The lowest BCUT2D eigenvalue weighted by molar-refractivity contribution is -0.133. The molecule has 0 bridgehead atoms. The number of likely N-dealkylation sites (tertiary alicyclic amines) is 1. The van der Waals surface area contributed by atoms with E-state index < -0.39 is 9.84 Å². The summed E-state index contributed by atoms with van der Waals surface area (Å²) in [6, 6.07) is 0.0681. The van der Waals surface area contributed by atoms with Gasteiger partial charge in [-0.15, -0.1) is 0 Å². The number of hydrogen-bond acceptors (Lipinski definition) is 4. The summed E-state index contributed by atoms with van der Waals surface area (Å²) in [7, 11) is -3.04. The first kappa shape index (κ1) is 19.7. The van der Waals surface area contributed by atoms with Crippen LogP contribution >= 0.6 is 0 Å². The number of carbonyl (C=O) groups is 1. The monoisotopic (exact) mass is 358 g/mol. The minimum atomic E-state index is -3.04. The molecule has 2 saturated heterocycles. The van der Waals surface area contributed by atoms with Crippen molar-refractivity contribution in [1.82, 2.24) is 9.80 Å². The lowest BCUT2D eigenvalue weighted by Crippen LogP contribution is -2.55. The lowest BCUT2D eigenvalue weighted by Gasteiger charge is -2.40. The van der Waals surface area contributed by atoms with Crippen LogP contribution in [0.1, 0.15) is 53.9 Å². The highest BCUT2D eigenvalue weighted by molar-refractivity contribution is 7.92. The molecule has 5 nitrogen and oxygen atoms in total. The first-order chi connectivity index (χ1) is 11.0. The van der Waals surface area contributed by atoms with E-state index in [0.29, 0.717) is 38.4 Å². The van der Waals surface area contributed by atoms with Gasteiger partial charge in [0.2, 0.25) is 5.91 Å². The minimum Gasteiger partial charge on any atom is -0.343 e. The number of carbonyl (C=O) groups excluding carboxylic acids is 1. The van der Waals surface area contributed by atoms with Crippen LogP contribution in [0.15, 0.2) is 0 Å². The molecular formula is C18H34N2O3S. The highest BCUT2D eigenvalue weighted by Crippen LogP contribution is 2.29. The van der Waals surface area contributed by atoms with Crippen LogP contribution in [-0.4, -0.2) is 67.3 Å². The number of rotatable bonds is 3. The highest BCUT2D eigenvalue weighted by Gasteiger charge is 2.43. The van der Waals surface area contributed by atoms with E-state index in [-0.39, 0.29) is 28.4 Å². The van der Waals surface area contributed by atoms with E-state index in [1.807, 2.05) is 4.90 Å². The minimum absolute atomic E-state index is 0.0358. The number of sulfone groups is 1. The third kappa shape index (κ3) is 4.94. The third-order valence-electron chi connectivity index (χ3n) is 5.03. The van der Waals surface area contributed by atoms with Crippen LogP contribution < -0.4 is 0 Å². The molecule has 2 rings (SSSR count). The van der Waals surface area contributed by atoms with E-state index in [4.69, 9.17) is 0 Å². The van der Waals surface area contributed by atoms with Gasteiger partial charge in [-0.05, 0) is 24.2 Å². The summed E-state index contributed by atoms with van der Waals surface area (Å²) in [5, 5.41) is -0.308. The lowest BCUT2D eigenvalue weighted by atomic mass is 9.91. The van der Waals surface area contributed by atoms with E-state index in [1.165, 1.54) is 0 Å². The molecule has 0 aromatic heterocycles. The van der Waals surface area contributed by atoms with Crippen molar-refractivity contribution in [3.05, 3.63) is 0 Å². The van der Waals surface area contributed by atoms with Gasteiger partial charge in [0.15, 0.2) is 9.84 Å². The molecule has 0 aliphatic carbocycles. The molecule has 6 heteroatoms. The Morgan fingerprint density at radius 1 is 1.12 bits per heavy atom. The maximum Gasteiger partial charge on any atom is 0.223 e. The van der Waals surface area contributed by atoms with E-state index in [1.54, 1.807) is 0 Å². The van der Waals surface area contributed by atoms with E-state index in [2.05, 4.69) is 39.5 Å². The number of fused-ring (bicyclic) bond motifs is 1. The molecule has 2 aliphatic rings. The average molecular weight is 359 g/mol. The predicted molar refractivity (Wildman–Crippen MR) is 97.7 cm³/mol. The van der Waals surface area contributed by atoms with E-state index >= 15 is 0 Å². The van der Waals surface area contributed by atoms with Gasteiger partial charge in [0.1, 0.15) is 0 Å². The normalized spacial score (nSPS) is 28.5. The molecule has 2 fully saturated rings. The van der Waals surface area contributed by atoms with Crippen LogP contribution in [0.3, 0.4) is 0 Å². The van der Waals surface area contributed by atoms with Crippen LogP contribution in [0, 0.1) is 11.3 Å². The molecule has 0 radical (unpaired) electrons. The average Bonchev–Trinajstić information content (AvgIpc) is 2.64. The zero-order valence-electron chi connectivity index (χ0n) is 15.9. The van der Waals surface area contributed by atoms with Crippen LogP contribution in [0.25, 0.3) is 0 Å². The summed E-state index contributed by atoms with van der Waals surface area (Å²) in [4.78, 5) is 16.8. The van der Waals surface area contributed by atoms with Gasteiger partial charge < -0.3 is 4.90 Å².